The van der Waals surface area contributed by atoms with Crippen molar-refractivity contribution in [1.29, 1.82) is 0 Å². The molecule has 0 saturated heterocycles. The van der Waals surface area contributed by atoms with E-state index >= 15 is 0 Å². The zero-order valence-electron chi connectivity index (χ0n) is 27.1. The summed E-state index contributed by atoms with van der Waals surface area (Å²) in [5.41, 5.74) is 4.67. The first-order chi connectivity index (χ1) is 23.7. The molecule has 0 aliphatic carbocycles. The van der Waals surface area contributed by atoms with Gasteiger partial charge in [-0.2, -0.15) is 4.31 Å². The highest BCUT2D eigenvalue weighted by Gasteiger charge is 2.30. The van der Waals surface area contributed by atoms with Gasteiger partial charge in [0.05, 0.1) is 35.4 Å². The van der Waals surface area contributed by atoms with Crippen LogP contribution in [-0.2, 0) is 24.3 Å². The molecule has 2 heterocycles. The molecule has 2 atom stereocenters. The summed E-state index contributed by atoms with van der Waals surface area (Å²) in [6, 6.07) is 29.5. The molecule has 6 rings (SSSR count). The molecule has 1 aromatic heterocycles. The van der Waals surface area contributed by atoms with E-state index in [1.54, 1.807) is 29.5 Å². The van der Waals surface area contributed by atoms with E-state index in [2.05, 4.69) is 18.3 Å². The van der Waals surface area contributed by atoms with Gasteiger partial charge in [-0.3, -0.25) is 4.79 Å². The number of aliphatic hydroxyl groups is 1. The number of nitrogens with zero attached hydrogens (tertiary/aromatic N) is 2. The molecule has 1 aliphatic rings. The van der Waals surface area contributed by atoms with E-state index in [4.69, 9.17) is 19.2 Å². The molecule has 5 aromatic rings. The largest absolute Gasteiger partial charge is 0.497 e. The number of methoxy groups -OCH3 is 1. The third kappa shape index (κ3) is 8.18. The molecule has 0 spiro atoms. The van der Waals surface area contributed by atoms with E-state index in [9.17, 15) is 18.3 Å². The van der Waals surface area contributed by atoms with Crippen LogP contribution in [0.5, 0.6) is 5.75 Å². The van der Waals surface area contributed by atoms with Crippen molar-refractivity contribution in [2.75, 3.05) is 38.7 Å². The van der Waals surface area contributed by atoms with Gasteiger partial charge in [-0.25, -0.2) is 13.4 Å². The second-order valence-corrected chi connectivity index (χ2v) is 14.5. The Labute approximate surface area is 289 Å². The van der Waals surface area contributed by atoms with Crippen molar-refractivity contribution in [2.24, 2.45) is 0 Å². The standard InChI is InChI=1S/C37H37N3O7S2/c1-25-8-17-32-34(22-25)48-37(39-32)27-9-11-29(12-10-27)38-36(42)33-23-28(26-6-4-3-5-7-26)24-35(47-33)46-21-19-40(18-20-41)49(43,44)31-15-13-30(45-2)14-16-31/h3-17,22-23,28,35,41H,18-21,24H2,1-2H3,(H,38,42)/t28-,35+/m1/s1. The van der Waals surface area contributed by atoms with E-state index in [-0.39, 0.29) is 42.9 Å². The lowest BCUT2D eigenvalue weighted by Crippen LogP contribution is -2.37. The summed E-state index contributed by atoms with van der Waals surface area (Å²) in [6.45, 7) is 1.53. The molecular formula is C37H37N3O7S2. The summed E-state index contributed by atoms with van der Waals surface area (Å²) in [4.78, 5) is 18.3. The third-order valence-electron chi connectivity index (χ3n) is 8.13. The van der Waals surface area contributed by atoms with E-state index in [0.29, 0.717) is 17.9 Å². The molecule has 2 N–H and O–H groups in total. The fraction of sp³-hybridized carbons (Fsp3) is 0.243. The zero-order valence-corrected chi connectivity index (χ0v) is 28.7. The van der Waals surface area contributed by atoms with E-state index in [0.717, 1.165) is 30.7 Å². The first kappa shape index (κ1) is 34.3. The average molecular weight is 700 g/mol. The van der Waals surface area contributed by atoms with Crippen LogP contribution in [-0.4, -0.2) is 68.4 Å². The summed E-state index contributed by atoms with van der Waals surface area (Å²) in [5.74, 6) is 0.0281. The first-order valence-corrected chi connectivity index (χ1v) is 18.1. The normalized spacial score (nSPS) is 16.3. The van der Waals surface area contributed by atoms with Gasteiger partial charge in [-0.05, 0) is 84.8 Å². The zero-order chi connectivity index (χ0) is 34.4. The maximum atomic E-state index is 13.5. The number of ether oxygens (including phenoxy) is 3. The number of carbonyl (C=O) groups is 1. The lowest BCUT2D eigenvalue weighted by Gasteiger charge is -2.30. The summed E-state index contributed by atoms with van der Waals surface area (Å²) in [7, 11) is -2.41. The van der Waals surface area contributed by atoms with Gasteiger partial charge in [0, 0.05) is 36.7 Å². The van der Waals surface area contributed by atoms with E-state index in [1.807, 2.05) is 66.7 Å². The smallest absolute Gasteiger partial charge is 0.290 e. The van der Waals surface area contributed by atoms with Gasteiger partial charge >= 0.3 is 0 Å². The van der Waals surface area contributed by atoms with Crippen LogP contribution in [0.2, 0.25) is 0 Å². The lowest BCUT2D eigenvalue weighted by atomic mass is 9.93. The highest BCUT2D eigenvalue weighted by Crippen LogP contribution is 2.33. The topological polar surface area (TPSA) is 127 Å². The molecule has 0 radical (unpaired) electrons. The van der Waals surface area contributed by atoms with Gasteiger partial charge in [0.2, 0.25) is 16.3 Å². The number of allylic oxidation sites excluding steroid dienone is 1. The van der Waals surface area contributed by atoms with Gasteiger partial charge in [0.25, 0.3) is 5.91 Å². The second-order valence-electron chi connectivity index (χ2n) is 11.5. The van der Waals surface area contributed by atoms with Crippen molar-refractivity contribution < 1.29 is 32.5 Å². The van der Waals surface area contributed by atoms with Crippen LogP contribution in [0.3, 0.4) is 0 Å². The molecule has 49 heavy (non-hydrogen) atoms. The SMILES string of the molecule is COc1ccc(S(=O)(=O)N(CCO)CCO[C@@H]2C[C@H](c3ccccc3)C=C(C(=O)Nc3ccc(-c4nc5ccc(C)cc5s4)cc3)O2)cc1. The average Bonchev–Trinajstić information content (AvgIpc) is 3.55. The maximum Gasteiger partial charge on any atom is 0.290 e. The van der Waals surface area contributed by atoms with E-state index < -0.39 is 22.2 Å². The fourth-order valence-electron chi connectivity index (χ4n) is 5.54. The Kier molecular flexibility index (Phi) is 10.7. The Balaban J connectivity index is 1.13. The molecular weight excluding hydrogens is 663 g/mol. The van der Waals surface area contributed by atoms with Crippen LogP contribution in [0.4, 0.5) is 5.69 Å². The van der Waals surface area contributed by atoms with Gasteiger partial charge < -0.3 is 24.6 Å². The number of hydrogen-bond donors (Lipinski definition) is 2. The Morgan fingerprint density at radius 1 is 1.02 bits per heavy atom. The molecule has 0 unspecified atom stereocenters. The monoisotopic (exact) mass is 699 g/mol. The summed E-state index contributed by atoms with van der Waals surface area (Å²) >= 11 is 1.62. The molecule has 1 amide bonds. The van der Waals surface area contributed by atoms with Crippen LogP contribution in [0.15, 0.2) is 114 Å². The third-order valence-corrected chi connectivity index (χ3v) is 11.1. The minimum atomic E-state index is -3.92. The van der Waals surface area contributed by atoms with Gasteiger partial charge in [0.1, 0.15) is 10.8 Å². The molecule has 12 heteroatoms. The summed E-state index contributed by atoms with van der Waals surface area (Å²) in [6.07, 6.45) is 1.39. The number of hydrogen-bond acceptors (Lipinski definition) is 9. The Bertz CT molecular complexity index is 2030. The molecule has 10 nitrogen and oxygen atoms in total. The number of anilines is 1. The van der Waals surface area contributed by atoms with Gasteiger partial charge in [0.15, 0.2) is 5.76 Å². The number of aromatic nitrogens is 1. The van der Waals surface area contributed by atoms with Crippen molar-refractivity contribution >= 4 is 43.2 Å². The number of fused-ring (bicyclic) bond motifs is 1. The number of aliphatic hydroxyl groups excluding tert-OH is 1. The predicted molar refractivity (Wildman–Crippen MR) is 190 cm³/mol. The number of thiazole rings is 1. The number of nitrogens with one attached hydrogen (secondary N) is 1. The van der Waals surface area contributed by atoms with Crippen LogP contribution in [0, 0.1) is 6.92 Å². The Hall–Kier alpha value is -4.59. The molecule has 254 valence electrons. The number of carbonyl (C=O) groups excluding carboxylic acids is 1. The first-order valence-electron chi connectivity index (χ1n) is 15.8. The van der Waals surface area contributed by atoms with Crippen molar-refractivity contribution in [3.63, 3.8) is 0 Å². The fourth-order valence-corrected chi connectivity index (χ4v) is 8.03. The van der Waals surface area contributed by atoms with Crippen LogP contribution < -0.4 is 10.1 Å². The van der Waals surface area contributed by atoms with Crippen LogP contribution >= 0.6 is 11.3 Å². The molecule has 0 saturated carbocycles. The summed E-state index contributed by atoms with van der Waals surface area (Å²) in [5, 5.41) is 13.4. The Morgan fingerprint density at radius 3 is 2.49 bits per heavy atom. The minimum Gasteiger partial charge on any atom is -0.497 e. The number of amides is 1. The molecule has 1 aliphatic heterocycles. The highest BCUT2D eigenvalue weighted by atomic mass is 32.2. The second kappa shape index (κ2) is 15.3. The summed E-state index contributed by atoms with van der Waals surface area (Å²) < 4.78 is 46.2. The molecule has 0 fully saturated rings. The van der Waals surface area contributed by atoms with Gasteiger partial charge in [-0.15, -0.1) is 11.3 Å². The van der Waals surface area contributed by atoms with Crippen LogP contribution in [0.25, 0.3) is 20.8 Å². The number of rotatable bonds is 13. The van der Waals surface area contributed by atoms with Crippen molar-refractivity contribution in [1.82, 2.24) is 9.29 Å². The maximum absolute atomic E-state index is 13.5. The predicted octanol–water partition coefficient (Wildman–Crippen LogP) is 6.33. The van der Waals surface area contributed by atoms with E-state index in [1.165, 1.54) is 24.8 Å². The Morgan fingerprint density at radius 2 is 1.78 bits per heavy atom. The van der Waals surface area contributed by atoms with Gasteiger partial charge in [-0.1, -0.05) is 36.4 Å². The van der Waals surface area contributed by atoms with Crippen molar-refractivity contribution in [3.8, 4) is 16.3 Å². The quantitative estimate of drug-likeness (QED) is 0.146. The lowest BCUT2D eigenvalue weighted by molar-refractivity contribution is -0.143. The number of benzene rings is 4. The molecule has 4 aromatic carbocycles. The van der Waals surface area contributed by atoms with Crippen LogP contribution in [0.1, 0.15) is 23.5 Å². The highest BCUT2D eigenvalue weighted by molar-refractivity contribution is 7.89. The number of sulfonamides is 1. The number of aryl methyl sites for hydroxylation is 1. The molecule has 0 bridgehead atoms. The minimum absolute atomic E-state index is 0.0245. The van der Waals surface area contributed by atoms with Crippen molar-refractivity contribution in [3.05, 3.63) is 120 Å². The van der Waals surface area contributed by atoms with Crippen molar-refractivity contribution in [2.45, 2.75) is 30.4 Å².